The quantitative estimate of drug-likeness (QED) is 0.860. The molecule has 0 bridgehead atoms. The van der Waals surface area contributed by atoms with Crippen LogP contribution in [-0.2, 0) is 4.74 Å². The van der Waals surface area contributed by atoms with E-state index in [4.69, 9.17) is 9.47 Å². The van der Waals surface area contributed by atoms with E-state index < -0.39 is 5.82 Å². The second-order valence-corrected chi connectivity index (χ2v) is 6.30. The molecule has 0 aliphatic carbocycles. The van der Waals surface area contributed by atoms with Gasteiger partial charge in [0.25, 0.3) is 5.88 Å². The molecule has 4 rings (SSSR count). The first kappa shape index (κ1) is 15.3. The lowest BCUT2D eigenvalue weighted by Gasteiger charge is -2.39. The van der Waals surface area contributed by atoms with Gasteiger partial charge >= 0.3 is 0 Å². The number of hydrogen-bond acceptors (Lipinski definition) is 6. The number of ether oxygens (including phenoxy) is 2. The van der Waals surface area contributed by atoms with Gasteiger partial charge in [0.05, 0.1) is 12.2 Å². The number of hydrogen-bond donors (Lipinski definition) is 0. The van der Waals surface area contributed by atoms with Gasteiger partial charge in [0.2, 0.25) is 5.95 Å². The molecule has 2 aromatic rings. The maximum absolute atomic E-state index is 13.7. The summed E-state index contributed by atoms with van der Waals surface area (Å²) in [6.07, 6.45) is 7.50. The molecule has 0 saturated carbocycles. The Kier molecular flexibility index (Phi) is 4.02. The highest BCUT2D eigenvalue weighted by Crippen LogP contribution is 2.37. The summed E-state index contributed by atoms with van der Waals surface area (Å²) in [4.78, 5) is 14.7. The van der Waals surface area contributed by atoms with Gasteiger partial charge in [-0.15, -0.1) is 0 Å². The average molecular weight is 330 g/mol. The van der Waals surface area contributed by atoms with Crippen molar-refractivity contribution in [3.05, 3.63) is 42.6 Å². The first-order valence-corrected chi connectivity index (χ1v) is 8.17. The maximum atomic E-state index is 13.7. The summed E-state index contributed by atoms with van der Waals surface area (Å²) in [6.45, 7) is 2.08. The minimum atomic E-state index is -0.443. The minimum Gasteiger partial charge on any atom is -0.470 e. The number of rotatable bonds is 3. The van der Waals surface area contributed by atoms with E-state index in [9.17, 15) is 4.39 Å². The molecule has 126 valence electrons. The van der Waals surface area contributed by atoms with E-state index in [2.05, 4.69) is 19.9 Å². The second-order valence-electron chi connectivity index (χ2n) is 6.30. The highest BCUT2D eigenvalue weighted by molar-refractivity contribution is 5.31. The molecular formula is C17H19FN4O2. The van der Waals surface area contributed by atoms with Crippen LogP contribution in [0.25, 0.3) is 0 Å². The molecule has 24 heavy (non-hydrogen) atoms. The van der Waals surface area contributed by atoms with Gasteiger partial charge in [0.1, 0.15) is 6.10 Å². The molecule has 6 nitrogen and oxygen atoms in total. The number of aromatic nitrogens is 3. The van der Waals surface area contributed by atoms with Crippen molar-refractivity contribution in [2.45, 2.75) is 31.0 Å². The van der Waals surface area contributed by atoms with Crippen LogP contribution in [0.4, 0.5) is 10.3 Å². The van der Waals surface area contributed by atoms with Gasteiger partial charge in [-0.25, -0.2) is 19.3 Å². The number of anilines is 1. The van der Waals surface area contributed by atoms with Crippen molar-refractivity contribution in [3.8, 4) is 5.88 Å². The fraction of sp³-hybridized carbons (Fsp3) is 0.471. The van der Waals surface area contributed by atoms with Crippen molar-refractivity contribution in [3.63, 3.8) is 0 Å². The molecule has 0 amide bonds. The van der Waals surface area contributed by atoms with Crippen molar-refractivity contribution >= 4 is 5.95 Å². The van der Waals surface area contributed by atoms with E-state index in [1.54, 1.807) is 24.5 Å². The van der Waals surface area contributed by atoms with Gasteiger partial charge < -0.3 is 14.4 Å². The lowest BCUT2D eigenvalue weighted by Crippen LogP contribution is -2.48. The first-order chi connectivity index (χ1) is 11.7. The highest BCUT2D eigenvalue weighted by Gasteiger charge is 2.45. The van der Waals surface area contributed by atoms with Crippen LogP contribution < -0.4 is 9.64 Å². The summed E-state index contributed by atoms with van der Waals surface area (Å²) in [5, 5.41) is 0. The second kappa shape index (κ2) is 6.32. The van der Waals surface area contributed by atoms with Crippen LogP contribution in [0.3, 0.4) is 0 Å². The van der Waals surface area contributed by atoms with E-state index in [1.165, 1.54) is 12.3 Å². The Morgan fingerprint density at radius 2 is 2.04 bits per heavy atom. The lowest BCUT2D eigenvalue weighted by atomic mass is 9.89. The average Bonchev–Trinajstić information content (AvgIpc) is 3.00. The maximum Gasteiger partial charge on any atom is 0.250 e. The van der Waals surface area contributed by atoms with Crippen molar-refractivity contribution in [2.24, 2.45) is 0 Å². The summed E-state index contributed by atoms with van der Waals surface area (Å²) < 4.78 is 25.5. The summed E-state index contributed by atoms with van der Waals surface area (Å²) in [7, 11) is 0. The zero-order valence-electron chi connectivity index (χ0n) is 13.3. The molecule has 0 unspecified atom stereocenters. The molecule has 2 fully saturated rings. The topological polar surface area (TPSA) is 60.4 Å². The van der Waals surface area contributed by atoms with Gasteiger partial charge in [-0.05, 0) is 31.0 Å². The van der Waals surface area contributed by atoms with Crippen LogP contribution in [-0.4, -0.2) is 46.4 Å². The number of halogens is 1. The molecule has 1 spiro atoms. The van der Waals surface area contributed by atoms with Crippen molar-refractivity contribution in [2.75, 3.05) is 24.6 Å². The first-order valence-electron chi connectivity index (χ1n) is 8.17. The van der Waals surface area contributed by atoms with E-state index in [-0.39, 0.29) is 17.6 Å². The Morgan fingerprint density at radius 3 is 2.88 bits per heavy atom. The minimum absolute atomic E-state index is 0.0437. The Labute approximate surface area is 139 Å². The smallest absolute Gasteiger partial charge is 0.250 e. The third kappa shape index (κ3) is 3.03. The van der Waals surface area contributed by atoms with Crippen LogP contribution in [0.5, 0.6) is 5.88 Å². The standard InChI is InChI=1S/C17H19FN4O2/c18-14-4-1-6-19-15(14)24-13-10-17(23-11-13)5-2-9-22(12-17)16-20-7-3-8-21-16/h1,3-4,6-8,13H,2,5,9-12H2/t13-,17+/m1/s1. The van der Waals surface area contributed by atoms with Crippen molar-refractivity contribution in [1.82, 2.24) is 15.0 Å². The van der Waals surface area contributed by atoms with Gasteiger partial charge in [0.15, 0.2) is 5.82 Å². The zero-order valence-corrected chi connectivity index (χ0v) is 13.3. The van der Waals surface area contributed by atoms with Crippen molar-refractivity contribution < 1.29 is 13.9 Å². The Bertz CT molecular complexity index is 702. The van der Waals surface area contributed by atoms with Gasteiger partial charge in [-0.3, -0.25) is 0 Å². The van der Waals surface area contributed by atoms with E-state index in [1.807, 2.05) is 0 Å². The summed E-state index contributed by atoms with van der Waals surface area (Å²) in [5.74, 6) is 0.323. The SMILES string of the molecule is Fc1cccnc1O[C@H]1CO[C@@]2(CCCN(c3ncccn3)C2)C1. The molecule has 0 N–H and O–H groups in total. The molecule has 2 atom stereocenters. The lowest BCUT2D eigenvalue weighted by molar-refractivity contribution is -0.00856. The molecule has 0 radical (unpaired) electrons. The monoisotopic (exact) mass is 330 g/mol. The molecule has 4 heterocycles. The van der Waals surface area contributed by atoms with Gasteiger partial charge in [-0.1, -0.05) is 0 Å². The molecular weight excluding hydrogens is 311 g/mol. The van der Waals surface area contributed by atoms with E-state index in [0.717, 1.165) is 31.9 Å². The van der Waals surface area contributed by atoms with Crippen LogP contribution in [0.1, 0.15) is 19.3 Å². The Balaban J connectivity index is 1.44. The highest BCUT2D eigenvalue weighted by atomic mass is 19.1. The third-order valence-electron chi connectivity index (χ3n) is 4.55. The Hall–Kier alpha value is -2.28. The zero-order chi connectivity index (χ0) is 16.4. The summed E-state index contributed by atoms with van der Waals surface area (Å²) >= 11 is 0. The predicted molar refractivity (Wildman–Crippen MR) is 85.4 cm³/mol. The third-order valence-corrected chi connectivity index (χ3v) is 4.55. The molecule has 0 aromatic carbocycles. The van der Waals surface area contributed by atoms with Crippen molar-refractivity contribution in [1.29, 1.82) is 0 Å². The van der Waals surface area contributed by atoms with Crippen LogP contribution in [0, 0.1) is 5.82 Å². The fourth-order valence-corrected chi connectivity index (χ4v) is 3.50. The molecule has 2 aromatic heterocycles. The number of piperidine rings is 1. The van der Waals surface area contributed by atoms with Crippen LogP contribution in [0.2, 0.25) is 0 Å². The van der Waals surface area contributed by atoms with Crippen LogP contribution in [0.15, 0.2) is 36.8 Å². The molecule has 2 aliphatic rings. The largest absolute Gasteiger partial charge is 0.470 e. The van der Waals surface area contributed by atoms with E-state index in [0.29, 0.717) is 13.0 Å². The van der Waals surface area contributed by atoms with Gasteiger partial charge in [-0.2, -0.15) is 0 Å². The Morgan fingerprint density at radius 1 is 1.21 bits per heavy atom. The fourth-order valence-electron chi connectivity index (χ4n) is 3.50. The molecule has 2 aliphatic heterocycles. The van der Waals surface area contributed by atoms with E-state index >= 15 is 0 Å². The molecule has 7 heteroatoms. The van der Waals surface area contributed by atoms with Crippen LogP contribution >= 0.6 is 0 Å². The number of nitrogens with zero attached hydrogens (tertiary/aromatic N) is 4. The number of pyridine rings is 1. The van der Waals surface area contributed by atoms with Gasteiger partial charge in [0, 0.05) is 38.1 Å². The molecule has 2 saturated heterocycles. The predicted octanol–water partition coefficient (Wildman–Crippen LogP) is 2.22. The summed E-state index contributed by atoms with van der Waals surface area (Å²) in [6, 6.07) is 4.71. The normalized spacial score (nSPS) is 26.7. The summed E-state index contributed by atoms with van der Waals surface area (Å²) in [5.41, 5.74) is -0.284.